The molecule has 0 aliphatic heterocycles. The van der Waals surface area contributed by atoms with Crippen LogP contribution in [0.1, 0.15) is 42.9 Å². The van der Waals surface area contributed by atoms with E-state index in [0.717, 1.165) is 12.8 Å². The lowest BCUT2D eigenvalue weighted by molar-refractivity contribution is -0.117. The molecule has 3 aromatic rings. The summed E-state index contributed by atoms with van der Waals surface area (Å²) in [4.78, 5) is 11.5. The van der Waals surface area contributed by atoms with Gasteiger partial charge in [0.05, 0.1) is 0 Å². The molecule has 0 spiro atoms. The van der Waals surface area contributed by atoms with Gasteiger partial charge in [0, 0.05) is 11.8 Å². The van der Waals surface area contributed by atoms with E-state index in [9.17, 15) is 4.79 Å². The predicted octanol–water partition coefficient (Wildman–Crippen LogP) is 5.78. The highest BCUT2D eigenvalue weighted by Crippen LogP contribution is 2.43. The standard InChI is InChI=1S/C24H24O/c1-20(25)12-11-19-24(21-13-5-2-6-14-21,22-15-7-3-8-16-22)23-17-9-4-10-18-23/h2-10,13-18H,11-12,19H2,1H3. The van der Waals surface area contributed by atoms with Gasteiger partial charge in [-0.05, 0) is 36.5 Å². The molecule has 0 amide bonds. The zero-order valence-electron chi connectivity index (χ0n) is 14.7. The zero-order chi connectivity index (χ0) is 17.5. The van der Waals surface area contributed by atoms with Crippen LogP contribution in [0.3, 0.4) is 0 Å². The largest absolute Gasteiger partial charge is 0.300 e. The Morgan fingerprint density at radius 1 is 0.680 bits per heavy atom. The first-order valence-electron chi connectivity index (χ1n) is 8.89. The molecule has 0 heterocycles. The van der Waals surface area contributed by atoms with Crippen molar-refractivity contribution < 1.29 is 4.79 Å². The van der Waals surface area contributed by atoms with Crippen LogP contribution in [0.5, 0.6) is 0 Å². The molecule has 0 aromatic heterocycles. The Morgan fingerprint density at radius 2 is 1.04 bits per heavy atom. The van der Waals surface area contributed by atoms with E-state index in [1.165, 1.54) is 16.7 Å². The summed E-state index contributed by atoms with van der Waals surface area (Å²) >= 11 is 0. The van der Waals surface area contributed by atoms with Crippen LogP contribution in [0.15, 0.2) is 91.0 Å². The van der Waals surface area contributed by atoms with Crippen LogP contribution in [0.4, 0.5) is 0 Å². The first-order chi connectivity index (χ1) is 12.2. The van der Waals surface area contributed by atoms with Crippen LogP contribution in [0, 0.1) is 0 Å². The van der Waals surface area contributed by atoms with Crippen molar-refractivity contribution in [3.63, 3.8) is 0 Å². The second-order valence-electron chi connectivity index (χ2n) is 6.56. The number of carbonyl (C=O) groups excluding carboxylic acids is 1. The summed E-state index contributed by atoms with van der Waals surface area (Å²) in [5.41, 5.74) is 3.59. The molecule has 0 unspecified atom stereocenters. The summed E-state index contributed by atoms with van der Waals surface area (Å²) in [5, 5.41) is 0. The average molecular weight is 328 g/mol. The van der Waals surface area contributed by atoms with Crippen LogP contribution in [-0.4, -0.2) is 5.78 Å². The number of hydrogen-bond acceptors (Lipinski definition) is 1. The lowest BCUT2D eigenvalue weighted by Gasteiger charge is -2.36. The number of hydrogen-bond donors (Lipinski definition) is 0. The summed E-state index contributed by atoms with van der Waals surface area (Å²) in [5.74, 6) is 0.253. The smallest absolute Gasteiger partial charge is 0.129 e. The highest BCUT2D eigenvalue weighted by molar-refractivity contribution is 5.75. The topological polar surface area (TPSA) is 17.1 Å². The molecule has 0 N–H and O–H groups in total. The average Bonchev–Trinajstić information content (AvgIpc) is 2.67. The molecule has 3 aromatic carbocycles. The number of carbonyl (C=O) groups is 1. The molecule has 3 rings (SSSR count). The maximum absolute atomic E-state index is 11.5. The number of rotatable bonds is 7. The third-order valence-corrected chi connectivity index (χ3v) is 4.88. The minimum Gasteiger partial charge on any atom is -0.300 e. The molecular weight excluding hydrogens is 304 g/mol. The van der Waals surface area contributed by atoms with Crippen molar-refractivity contribution in [2.45, 2.75) is 31.6 Å². The van der Waals surface area contributed by atoms with Crippen LogP contribution < -0.4 is 0 Å². The third-order valence-electron chi connectivity index (χ3n) is 4.88. The summed E-state index contributed by atoms with van der Waals surface area (Å²) in [6, 6.07) is 32.0. The van der Waals surface area contributed by atoms with Gasteiger partial charge in [-0.15, -0.1) is 0 Å². The first-order valence-corrected chi connectivity index (χ1v) is 8.89. The molecule has 0 aliphatic carbocycles. The van der Waals surface area contributed by atoms with Gasteiger partial charge in [0.2, 0.25) is 0 Å². The van der Waals surface area contributed by atoms with Gasteiger partial charge in [0.25, 0.3) is 0 Å². The third kappa shape index (κ3) is 3.71. The Morgan fingerprint density at radius 3 is 1.36 bits per heavy atom. The summed E-state index contributed by atoms with van der Waals surface area (Å²) < 4.78 is 0. The predicted molar refractivity (Wildman–Crippen MR) is 104 cm³/mol. The van der Waals surface area contributed by atoms with Crippen LogP contribution >= 0.6 is 0 Å². The molecule has 1 heteroatoms. The van der Waals surface area contributed by atoms with Crippen molar-refractivity contribution in [3.05, 3.63) is 108 Å². The number of benzene rings is 3. The van der Waals surface area contributed by atoms with Gasteiger partial charge >= 0.3 is 0 Å². The molecular formula is C24H24O. The molecule has 0 bridgehead atoms. The molecule has 0 saturated carbocycles. The van der Waals surface area contributed by atoms with E-state index >= 15 is 0 Å². The fourth-order valence-electron chi connectivity index (χ4n) is 3.70. The van der Waals surface area contributed by atoms with Gasteiger partial charge in [-0.25, -0.2) is 0 Å². The van der Waals surface area contributed by atoms with E-state index in [4.69, 9.17) is 0 Å². The van der Waals surface area contributed by atoms with Crippen molar-refractivity contribution >= 4 is 5.78 Å². The van der Waals surface area contributed by atoms with E-state index in [1.54, 1.807) is 6.92 Å². The lowest BCUT2D eigenvalue weighted by atomic mass is 9.66. The molecule has 1 nitrogen and oxygen atoms in total. The van der Waals surface area contributed by atoms with Gasteiger partial charge in [0.1, 0.15) is 5.78 Å². The van der Waals surface area contributed by atoms with Gasteiger partial charge < -0.3 is 4.79 Å². The van der Waals surface area contributed by atoms with Gasteiger partial charge in [-0.2, -0.15) is 0 Å². The minimum atomic E-state index is -0.237. The molecule has 0 fully saturated rings. The Hall–Kier alpha value is -2.67. The second-order valence-corrected chi connectivity index (χ2v) is 6.56. The van der Waals surface area contributed by atoms with E-state index in [2.05, 4.69) is 91.0 Å². The fourth-order valence-corrected chi connectivity index (χ4v) is 3.70. The second kappa shape index (κ2) is 7.94. The van der Waals surface area contributed by atoms with Gasteiger partial charge in [0.15, 0.2) is 0 Å². The van der Waals surface area contributed by atoms with Crippen molar-refractivity contribution in [2.24, 2.45) is 0 Å². The normalized spacial score (nSPS) is 11.2. The van der Waals surface area contributed by atoms with Crippen molar-refractivity contribution in [2.75, 3.05) is 0 Å². The number of ketones is 1. The Labute approximate surface area is 150 Å². The van der Waals surface area contributed by atoms with Crippen LogP contribution in [-0.2, 0) is 10.2 Å². The van der Waals surface area contributed by atoms with Crippen molar-refractivity contribution in [1.29, 1.82) is 0 Å². The quantitative estimate of drug-likeness (QED) is 0.502. The maximum atomic E-state index is 11.5. The Kier molecular flexibility index (Phi) is 5.45. The summed E-state index contributed by atoms with van der Waals surface area (Å²) in [6.45, 7) is 1.68. The molecule has 126 valence electrons. The monoisotopic (exact) mass is 328 g/mol. The van der Waals surface area contributed by atoms with Crippen LogP contribution in [0.2, 0.25) is 0 Å². The van der Waals surface area contributed by atoms with Crippen molar-refractivity contribution in [1.82, 2.24) is 0 Å². The molecule has 0 atom stereocenters. The highest BCUT2D eigenvalue weighted by atomic mass is 16.1. The zero-order valence-corrected chi connectivity index (χ0v) is 14.7. The number of Topliss-reactive ketones (excluding diaryl/α,β-unsaturated/α-hetero) is 1. The van der Waals surface area contributed by atoms with Gasteiger partial charge in [-0.1, -0.05) is 91.0 Å². The Balaban J connectivity index is 2.18. The Bertz CT molecular complexity index is 695. The van der Waals surface area contributed by atoms with Gasteiger partial charge in [-0.3, -0.25) is 0 Å². The summed E-state index contributed by atoms with van der Waals surface area (Å²) in [7, 11) is 0. The minimum absolute atomic E-state index is 0.237. The molecule has 0 radical (unpaired) electrons. The van der Waals surface area contributed by atoms with E-state index < -0.39 is 0 Å². The first kappa shape index (κ1) is 17.2. The van der Waals surface area contributed by atoms with E-state index in [1.807, 2.05) is 0 Å². The molecule has 0 aliphatic rings. The lowest BCUT2D eigenvalue weighted by Crippen LogP contribution is -2.29. The fraction of sp³-hybridized carbons (Fsp3) is 0.208. The summed E-state index contributed by atoms with van der Waals surface area (Å²) in [6.07, 6.45) is 2.40. The highest BCUT2D eigenvalue weighted by Gasteiger charge is 2.35. The SMILES string of the molecule is CC(=O)CCCC(c1ccccc1)(c1ccccc1)c1ccccc1. The van der Waals surface area contributed by atoms with E-state index in [-0.39, 0.29) is 11.2 Å². The molecule has 25 heavy (non-hydrogen) atoms. The maximum Gasteiger partial charge on any atom is 0.129 e. The van der Waals surface area contributed by atoms with Crippen molar-refractivity contribution in [3.8, 4) is 0 Å². The van der Waals surface area contributed by atoms with E-state index in [0.29, 0.717) is 6.42 Å². The van der Waals surface area contributed by atoms with Crippen LogP contribution in [0.25, 0.3) is 0 Å². The molecule has 0 saturated heterocycles.